The van der Waals surface area contributed by atoms with Crippen LogP contribution in [-0.4, -0.2) is 56.5 Å². The molecular formula is C14H16ClN5OS. The lowest BCUT2D eigenvalue weighted by Gasteiger charge is -2.21. The van der Waals surface area contributed by atoms with Gasteiger partial charge in [0.1, 0.15) is 15.7 Å². The number of rotatable bonds is 3. The highest BCUT2D eigenvalue weighted by Gasteiger charge is 2.22. The van der Waals surface area contributed by atoms with Crippen LogP contribution in [0.2, 0.25) is 4.34 Å². The van der Waals surface area contributed by atoms with Gasteiger partial charge in [-0.3, -0.25) is 14.7 Å². The molecule has 0 saturated carbocycles. The van der Waals surface area contributed by atoms with E-state index in [0.29, 0.717) is 23.1 Å². The maximum absolute atomic E-state index is 12.4. The van der Waals surface area contributed by atoms with Crippen molar-refractivity contribution in [2.75, 3.05) is 26.2 Å². The second-order valence-electron chi connectivity index (χ2n) is 5.13. The first-order chi connectivity index (χ1) is 10.7. The quantitative estimate of drug-likeness (QED) is 0.856. The molecule has 3 rings (SSSR count). The third kappa shape index (κ3) is 3.60. The molecule has 0 N–H and O–H groups in total. The molecule has 22 heavy (non-hydrogen) atoms. The van der Waals surface area contributed by atoms with Crippen LogP contribution in [-0.2, 0) is 6.54 Å². The average Bonchev–Trinajstić information content (AvgIpc) is 2.81. The molecule has 0 atom stereocenters. The van der Waals surface area contributed by atoms with Crippen LogP contribution in [0.1, 0.15) is 22.6 Å². The number of pyridine rings is 1. The van der Waals surface area contributed by atoms with Gasteiger partial charge in [-0.15, -0.1) is 5.10 Å². The highest BCUT2D eigenvalue weighted by Crippen LogP contribution is 2.19. The Bertz CT molecular complexity index is 635. The van der Waals surface area contributed by atoms with Crippen molar-refractivity contribution in [2.24, 2.45) is 0 Å². The van der Waals surface area contributed by atoms with Gasteiger partial charge in [-0.05, 0) is 18.6 Å². The highest BCUT2D eigenvalue weighted by molar-refractivity contribution is 7.10. The number of halogens is 1. The van der Waals surface area contributed by atoms with Gasteiger partial charge < -0.3 is 4.90 Å². The van der Waals surface area contributed by atoms with E-state index in [1.54, 1.807) is 12.3 Å². The lowest BCUT2D eigenvalue weighted by molar-refractivity contribution is 0.0755. The van der Waals surface area contributed by atoms with Crippen LogP contribution in [0.3, 0.4) is 0 Å². The summed E-state index contributed by atoms with van der Waals surface area (Å²) in [5, 5.41) is 4.05. The molecule has 2 aromatic heterocycles. The maximum atomic E-state index is 12.4. The molecule has 2 aromatic rings. The number of carbonyl (C=O) groups excluding carboxylic acids is 1. The number of hydrogen-bond acceptors (Lipinski definition) is 6. The molecular weight excluding hydrogens is 322 g/mol. The Morgan fingerprint density at radius 3 is 2.91 bits per heavy atom. The molecule has 0 aromatic carbocycles. The van der Waals surface area contributed by atoms with Gasteiger partial charge in [0.05, 0.1) is 0 Å². The van der Waals surface area contributed by atoms with E-state index < -0.39 is 0 Å². The number of hydrogen-bond donors (Lipinski definition) is 0. The van der Waals surface area contributed by atoms with Crippen molar-refractivity contribution in [2.45, 2.75) is 13.0 Å². The Balaban J connectivity index is 1.60. The van der Waals surface area contributed by atoms with Crippen LogP contribution in [0.5, 0.6) is 0 Å². The SMILES string of the molecule is O=C(c1ccccn1)N1CCCN(Cc2nnsc2Cl)CC1. The first kappa shape index (κ1) is 15.3. The van der Waals surface area contributed by atoms with Gasteiger partial charge in [0.25, 0.3) is 5.91 Å². The fourth-order valence-electron chi connectivity index (χ4n) is 2.49. The summed E-state index contributed by atoms with van der Waals surface area (Å²) in [7, 11) is 0. The van der Waals surface area contributed by atoms with Crippen molar-refractivity contribution in [3.63, 3.8) is 0 Å². The lowest BCUT2D eigenvalue weighted by Crippen LogP contribution is -2.35. The summed E-state index contributed by atoms with van der Waals surface area (Å²) in [4.78, 5) is 20.7. The topological polar surface area (TPSA) is 62.2 Å². The number of carbonyl (C=O) groups is 1. The standard InChI is InChI=1S/C14H16ClN5OS/c15-13-12(17-18-22-13)10-19-6-3-7-20(9-8-19)14(21)11-4-1-2-5-16-11/h1-2,4-5H,3,6-10H2. The minimum Gasteiger partial charge on any atom is -0.336 e. The van der Waals surface area contributed by atoms with Gasteiger partial charge in [-0.1, -0.05) is 22.2 Å². The predicted molar refractivity (Wildman–Crippen MR) is 85.0 cm³/mol. The fraction of sp³-hybridized carbons (Fsp3) is 0.429. The molecule has 0 bridgehead atoms. The zero-order valence-corrected chi connectivity index (χ0v) is 13.6. The van der Waals surface area contributed by atoms with E-state index in [4.69, 9.17) is 11.6 Å². The molecule has 0 aliphatic carbocycles. The third-order valence-corrected chi connectivity index (χ3v) is 4.63. The molecule has 1 amide bonds. The van der Waals surface area contributed by atoms with Crippen molar-refractivity contribution in [1.82, 2.24) is 24.4 Å². The molecule has 1 saturated heterocycles. The number of amides is 1. The molecule has 0 radical (unpaired) electrons. The normalized spacial score (nSPS) is 16.5. The van der Waals surface area contributed by atoms with Crippen LogP contribution in [0.25, 0.3) is 0 Å². The Morgan fingerprint density at radius 2 is 2.18 bits per heavy atom. The Morgan fingerprint density at radius 1 is 1.27 bits per heavy atom. The van der Waals surface area contributed by atoms with Crippen LogP contribution in [0, 0.1) is 0 Å². The summed E-state index contributed by atoms with van der Waals surface area (Å²) in [5.74, 6) is -0.00388. The van der Waals surface area contributed by atoms with Crippen LogP contribution >= 0.6 is 23.1 Å². The molecule has 1 fully saturated rings. The van der Waals surface area contributed by atoms with Gasteiger partial charge >= 0.3 is 0 Å². The first-order valence-corrected chi connectivity index (χ1v) is 8.28. The zero-order chi connectivity index (χ0) is 15.4. The smallest absolute Gasteiger partial charge is 0.272 e. The molecule has 0 unspecified atom stereocenters. The molecule has 116 valence electrons. The van der Waals surface area contributed by atoms with E-state index in [2.05, 4.69) is 19.5 Å². The van der Waals surface area contributed by atoms with E-state index in [0.717, 1.165) is 31.7 Å². The second-order valence-corrected chi connectivity index (χ2v) is 6.49. The molecule has 1 aliphatic rings. The van der Waals surface area contributed by atoms with Crippen molar-refractivity contribution in [3.8, 4) is 0 Å². The Hall–Kier alpha value is -1.57. The summed E-state index contributed by atoms with van der Waals surface area (Å²) in [6.45, 7) is 3.83. The van der Waals surface area contributed by atoms with Crippen LogP contribution in [0.15, 0.2) is 24.4 Å². The lowest BCUT2D eigenvalue weighted by atomic mass is 10.3. The highest BCUT2D eigenvalue weighted by atomic mass is 35.5. The van der Waals surface area contributed by atoms with Gasteiger partial charge in [0.2, 0.25) is 0 Å². The minimum atomic E-state index is -0.00388. The Labute approximate surface area is 137 Å². The first-order valence-electron chi connectivity index (χ1n) is 7.13. The van der Waals surface area contributed by atoms with Crippen molar-refractivity contribution >= 4 is 29.0 Å². The summed E-state index contributed by atoms with van der Waals surface area (Å²) in [5.41, 5.74) is 1.32. The third-order valence-electron chi connectivity index (χ3n) is 3.64. The predicted octanol–water partition coefficient (Wildman–Crippen LogP) is 1.93. The minimum absolute atomic E-state index is 0.00388. The van der Waals surface area contributed by atoms with Crippen molar-refractivity contribution < 1.29 is 4.79 Å². The summed E-state index contributed by atoms with van der Waals surface area (Å²) >= 11 is 7.26. The summed E-state index contributed by atoms with van der Waals surface area (Å²) in [6.07, 6.45) is 2.57. The van der Waals surface area contributed by atoms with Crippen LogP contribution < -0.4 is 0 Å². The fourth-order valence-corrected chi connectivity index (χ4v) is 3.10. The van der Waals surface area contributed by atoms with Crippen LogP contribution in [0.4, 0.5) is 0 Å². The van der Waals surface area contributed by atoms with Gasteiger partial charge in [-0.25, -0.2) is 0 Å². The van der Waals surface area contributed by atoms with E-state index in [9.17, 15) is 4.79 Å². The molecule has 3 heterocycles. The average molecular weight is 338 g/mol. The largest absolute Gasteiger partial charge is 0.336 e. The zero-order valence-electron chi connectivity index (χ0n) is 12.0. The van der Waals surface area contributed by atoms with Gasteiger partial charge in [0, 0.05) is 50.5 Å². The van der Waals surface area contributed by atoms with E-state index >= 15 is 0 Å². The summed E-state index contributed by atoms with van der Waals surface area (Å²) < 4.78 is 4.50. The van der Waals surface area contributed by atoms with E-state index in [1.807, 2.05) is 17.0 Å². The molecule has 8 heteroatoms. The molecule has 0 spiro atoms. The monoisotopic (exact) mass is 337 g/mol. The van der Waals surface area contributed by atoms with E-state index in [1.165, 1.54) is 11.5 Å². The second kappa shape index (κ2) is 7.13. The van der Waals surface area contributed by atoms with Crippen molar-refractivity contribution in [1.29, 1.82) is 0 Å². The van der Waals surface area contributed by atoms with Crippen molar-refractivity contribution in [3.05, 3.63) is 40.1 Å². The molecule has 6 nitrogen and oxygen atoms in total. The maximum Gasteiger partial charge on any atom is 0.272 e. The number of nitrogens with zero attached hydrogens (tertiary/aromatic N) is 5. The van der Waals surface area contributed by atoms with Gasteiger partial charge in [0.15, 0.2) is 0 Å². The van der Waals surface area contributed by atoms with Gasteiger partial charge in [-0.2, -0.15) is 0 Å². The Kier molecular flexibility index (Phi) is 4.97. The van der Waals surface area contributed by atoms with E-state index in [-0.39, 0.29) is 5.91 Å². The summed E-state index contributed by atoms with van der Waals surface area (Å²) in [6, 6.07) is 5.40. The number of aromatic nitrogens is 3. The molecule has 1 aliphatic heterocycles.